The summed E-state index contributed by atoms with van der Waals surface area (Å²) in [4.78, 5) is 18.7. The van der Waals surface area contributed by atoms with E-state index in [9.17, 15) is 4.79 Å². The zero-order chi connectivity index (χ0) is 17.6. The van der Waals surface area contributed by atoms with Crippen molar-refractivity contribution in [1.29, 1.82) is 0 Å². The van der Waals surface area contributed by atoms with E-state index in [0.29, 0.717) is 6.54 Å². The van der Waals surface area contributed by atoms with E-state index in [1.54, 1.807) is 0 Å². The van der Waals surface area contributed by atoms with Gasteiger partial charge in [-0.3, -0.25) is 10.1 Å². The Morgan fingerprint density at radius 1 is 1.24 bits per heavy atom. The molecule has 0 spiro atoms. The lowest BCUT2D eigenvalue weighted by Gasteiger charge is -2.31. The fourth-order valence-electron chi connectivity index (χ4n) is 3.19. The Labute approximate surface area is 149 Å². The summed E-state index contributed by atoms with van der Waals surface area (Å²) in [5.74, 6) is 1.46. The molecular formula is C20H26N4O. The van der Waals surface area contributed by atoms with Gasteiger partial charge in [-0.05, 0) is 36.0 Å². The van der Waals surface area contributed by atoms with Crippen molar-refractivity contribution in [2.24, 2.45) is 11.7 Å². The molecule has 132 valence electrons. The first-order valence-corrected chi connectivity index (χ1v) is 8.91. The number of carbonyl (C=O) groups excluding carboxylic acids is 1. The molecule has 1 saturated heterocycles. The number of hydrogen-bond acceptors (Lipinski definition) is 4. The Morgan fingerprint density at radius 3 is 2.56 bits per heavy atom. The summed E-state index contributed by atoms with van der Waals surface area (Å²) in [5.41, 5.74) is 7.46. The number of hydrogen-bond donors (Lipinski definition) is 2. The molecule has 0 saturated carbocycles. The van der Waals surface area contributed by atoms with Gasteiger partial charge in [-0.2, -0.15) is 0 Å². The molecule has 1 atom stereocenters. The van der Waals surface area contributed by atoms with Crippen molar-refractivity contribution >= 4 is 11.7 Å². The summed E-state index contributed by atoms with van der Waals surface area (Å²) in [6, 6.07) is 13.2. The van der Waals surface area contributed by atoms with Crippen molar-refractivity contribution in [3.63, 3.8) is 0 Å². The Balaban J connectivity index is 1.60. The number of nitrogens with one attached hydrogen (secondary N) is 1. The van der Waals surface area contributed by atoms with Gasteiger partial charge in [-0.25, -0.2) is 4.98 Å². The van der Waals surface area contributed by atoms with E-state index in [-0.39, 0.29) is 5.91 Å². The molecule has 1 aromatic carbocycles. The highest BCUT2D eigenvalue weighted by molar-refractivity contribution is 5.81. The van der Waals surface area contributed by atoms with Crippen LogP contribution in [0.15, 0.2) is 48.7 Å². The first kappa shape index (κ1) is 17.4. The molecule has 25 heavy (non-hydrogen) atoms. The van der Waals surface area contributed by atoms with Crippen molar-refractivity contribution < 1.29 is 4.79 Å². The largest absolute Gasteiger partial charge is 0.368 e. The van der Waals surface area contributed by atoms with Crippen molar-refractivity contribution in [2.75, 3.05) is 18.0 Å². The molecule has 5 heteroatoms. The van der Waals surface area contributed by atoms with E-state index in [1.807, 2.05) is 36.5 Å². The second-order valence-electron chi connectivity index (χ2n) is 6.82. The summed E-state index contributed by atoms with van der Waals surface area (Å²) in [5, 5.41) is 3.23. The van der Waals surface area contributed by atoms with Gasteiger partial charge in [-0.15, -0.1) is 0 Å². The fourth-order valence-corrected chi connectivity index (χ4v) is 3.19. The van der Waals surface area contributed by atoms with Gasteiger partial charge >= 0.3 is 0 Å². The normalized spacial score (nSPS) is 16.6. The van der Waals surface area contributed by atoms with Crippen LogP contribution in [-0.2, 0) is 11.3 Å². The fraction of sp³-hybridized carbons (Fsp3) is 0.400. The van der Waals surface area contributed by atoms with Gasteiger partial charge in [0, 0.05) is 25.8 Å². The molecule has 1 aliphatic heterocycles. The Kier molecular flexibility index (Phi) is 5.66. The molecule has 3 N–H and O–H groups in total. The van der Waals surface area contributed by atoms with E-state index in [2.05, 4.69) is 34.3 Å². The first-order chi connectivity index (χ1) is 12.1. The summed E-state index contributed by atoms with van der Waals surface area (Å²) in [6.07, 6.45) is 4.33. The van der Waals surface area contributed by atoms with Crippen molar-refractivity contribution in [3.05, 3.63) is 59.8 Å². The van der Waals surface area contributed by atoms with Crippen LogP contribution in [0.3, 0.4) is 0 Å². The quantitative estimate of drug-likeness (QED) is 0.849. The minimum Gasteiger partial charge on any atom is -0.368 e. The van der Waals surface area contributed by atoms with Gasteiger partial charge in [0.2, 0.25) is 5.91 Å². The molecule has 3 rings (SSSR count). The van der Waals surface area contributed by atoms with Crippen LogP contribution in [0, 0.1) is 5.92 Å². The number of pyridine rings is 1. The maximum Gasteiger partial charge on any atom is 0.239 e. The number of piperidine rings is 1. The number of amides is 1. The Bertz CT molecular complexity index is 679. The SMILES string of the molecule is CC1CCN(c2ccc(CNC(C(N)=O)c3ccccc3)cn2)CC1. The smallest absolute Gasteiger partial charge is 0.239 e. The summed E-state index contributed by atoms with van der Waals surface area (Å²) in [6.45, 7) is 5.00. The van der Waals surface area contributed by atoms with Gasteiger partial charge in [0.05, 0.1) is 0 Å². The first-order valence-electron chi connectivity index (χ1n) is 8.91. The van der Waals surface area contributed by atoms with Crippen molar-refractivity contribution in [1.82, 2.24) is 10.3 Å². The van der Waals surface area contributed by atoms with Crippen LogP contribution in [0.25, 0.3) is 0 Å². The van der Waals surface area contributed by atoms with Gasteiger partial charge in [0.15, 0.2) is 0 Å². The topological polar surface area (TPSA) is 71.2 Å². The molecule has 0 radical (unpaired) electrons. The third-order valence-corrected chi connectivity index (χ3v) is 4.84. The Hall–Kier alpha value is -2.40. The second-order valence-corrected chi connectivity index (χ2v) is 6.82. The maximum absolute atomic E-state index is 11.7. The second kappa shape index (κ2) is 8.12. The maximum atomic E-state index is 11.7. The molecule has 1 fully saturated rings. The lowest BCUT2D eigenvalue weighted by atomic mass is 9.99. The van der Waals surface area contributed by atoms with E-state index in [0.717, 1.165) is 36.0 Å². The van der Waals surface area contributed by atoms with Crippen LogP contribution in [-0.4, -0.2) is 24.0 Å². The third-order valence-electron chi connectivity index (χ3n) is 4.84. The number of aromatic nitrogens is 1. The van der Waals surface area contributed by atoms with E-state index >= 15 is 0 Å². The molecule has 5 nitrogen and oxygen atoms in total. The minimum atomic E-state index is -0.496. The zero-order valence-corrected chi connectivity index (χ0v) is 14.7. The predicted molar refractivity (Wildman–Crippen MR) is 100 cm³/mol. The minimum absolute atomic E-state index is 0.377. The average Bonchev–Trinajstić information content (AvgIpc) is 2.64. The van der Waals surface area contributed by atoms with Gasteiger partial charge in [0.1, 0.15) is 11.9 Å². The highest BCUT2D eigenvalue weighted by Crippen LogP contribution is 2.21. The number of benzene rings is 1. The molecule has 1 aliphatic rings. The summed E-state index contributed by atoms with van der Waals surface area (Å²) < 4.78 is 0. The summed E-state index contributed by atoms with van der Waals surface area (Å²) in [7, 11) is 0. The van der Waals surface area contributed by atoms with Crippen LogP contribution < -0.4 is 16.0 Å². The number of primary amides is 1. The summed E-state index contributed by atoms with van der Waals surface area (Å²) >= 11 is 0. The third kappa shape index (κ3) is 4.57. The van der Waals surface area contributed by atoms with E-state index in [1.165, 1.54) is 12.8 Å². The van der Waals surface area contributed by atoms with Crippen LogP contribution in [0.4, 0.5) is 5.82 Å². The number of carbonyl (C=O) groups is 1. The number of rotatable bonds is 6. The van der Waals surface area contributed by atoms with Crippen molar-refractivity contribution in [2.45, 2.75) is 32.4 Å². The predicted octanol–water partition coefficient (Wildman–Crippen LogP) is 2.63. The number of anilines is 1. The number of nitrogens with zero attached hydrogens (tertiary/aromatic N) is 2. The van der Waals surface area contributed by atoms with Crippen molar-refractivity contribution in [3.8, 4) is 0 Å². The molecule has 0 bridgehead atoms. The molecule has 1 amide bonds. The number of nitrogens with two attached hydrogens (primary N) is 1. The van der Waals surface area contributed by atoms with Crippen LogP contribution >= 0.6 is 0 Å². The lowest BCUT2D eigenvalue weighted by Crippen LogP contribution is -2.34. The van der Waals surface area contributed by atoms with Gasteiger partial charge in [0.25, 0.3) is 0 Å². The van der Waals surface area contributed by atoms with Crippen LogP contribution in [0.1, 0.15) is 36.9 Å². The standard InChI is InChI=1S/C20H26N4O/c1-15-9-11-24(12-10-15)18-8-7-16(13-22-18)14-23-19(20(21)25)17-5-3-2-4-6-17/h2-8,13,15,19,23H,9-12,14H2,1H3,(H2,21,25). The van der Waals surface area contributed by atoms with Gasteiger partial charge in [-0.1, -0.05) is 43.3 Å². The molecule has 0 aliphatic carbocycles. The molecule has 2 heterocycles. The highest BCUT2D eigenvalue weighted by atomic mass is 16.1. The highest BCUT2D eigenvalue weighted by Gasteiger charge is 2.18. The molecule has 1 aromatic heterocycles. The van der Waals surface area contributed by atoms with Crippen LogP contribution in [0.5, 0.6) is 0 Å². The Morgan fingerprint density at radius 2 is 1.96 bits per heavy atom. The average molecular weight is 338 g/mol. The molecule has 1 unspecified atom stereocenters. The zero-order valence-electron chi connectivity index (χ0n) is 14.7. The van der Waals surface area contributed by atoms with Gasteiger partial charge < -0.3 is 10.6 Å². The lowest BCUT2D eigenvalue weighted by molar-refractivity contribution is -0.120. The molecular weight excluding hydrogens is 312 g/mol. The van der Waals surface area contributed by atoms with Crippen LogP contribution in [0.2, 0.25) is 0 Å². The molecule has 2 aromatic rings. The van der Waals surface area contributed by atoms with E-state index in [4.69, 9.17) is 5.73 Å². The van der Waals surface area contributed by atoms with E-state index < -0.39 is 6.04 Å². The monoisotopic (exact) mass is 338 g/mol.